The van der Waals surface area contributed by atoms with Gasteiger partial charge in [-0.1, -0.05) is 6.58 Å². The quantitative estimate of drug-likeness (QED) is 0.533. The Hall–Kier alpha value is -1.58. The van der Waals surface area contributed by atoms with Crippen LogP contribution in [0.5, 0.6) is 5.88 Å². The van der Waals surface area contributed by atoms with Gasteiger partial charge >= 0.3 is 0 Å². The van der Waals surface area contributed by atoms with Crippen LogP contribution in [-0.4, -0.2) is 19.5 Å². The average Bonchev–Trinajstić information content (AvgIpc) is 2.35. The number of fused-ring (bicyclic) bond motifs is 1. The molecule has 2 aromatic rings. The second kappa shape index (κ2) is 1.47. The van der Waals surface area contributed by atoms with Crippen LogP contribution in [0, 0.1) is 0 Å². The summed E-state index contributed by atoms with van der Waals surface area (Å²) < 4.78 is 1.62. The van der Waals surface area contributed by atoms with Crippen LogP contribution in [0.3, 0.4) is 0 Å². The van der Waals surface area contributed by atoms with Crippen molar-refractivity contribution < 1.29 is 5.11 Å². The van der Waals surface area contributed by atoms with Crippen molar-refractivity contribution >= 4 is 12.4 Å². The molecule has 0 saturated heterocycles. The minimum atomic E-state index is -0.0204. The van der Waals surface area contributed by atoms with Crippen molar-refractivity contribution in [2.24, 2.45) is 0 Å². The van der Waals surface area contributed by atoms with Crippen LogP contribution in [-0.2, 0) is 0 Å². The number of hydrogen-bond donors (Lipinski definition) is 1. The summed E-state index contributed by atoms with van der Waals surface area (Å²) in [5.74, 6) is 0.468. The summed E-state index contributed by atoms with van der Waals surface area (Å²) in [5.41, 5.74) is 0. The van der Waals surface area contributed by atoms with Crippen LogP contribution in [0.25, 0.3) is 12.4 Å². The molecule has 0 fully saturated rings. The molecule has 0 aromatic carbocycles. The fourth-order valence-corrected chi connectivity index (χ4v) is 0.855. The molecule has 0 amide bonds. The molecule has 4 nitrogen and oxygen atoms in total. The van der Waals surface area contributed by atoms with Crippen molar-refractivity contribution in [3.63, 3.8) is 0 Å². The van der Waals surface area contributed by atoms with Crippen LogP contribution in [0.2, 0.25) is 0 Å². The standard InChI is InChI=1S/C6H5N3O/c1-4-2-7-6-8-5(10)3-9(4)6/h2-3,10H,1H2. The Kier molecular flexibility index (Phi) is 0.768. The Morgan fingerprint density at radius 3 is 3.10 bits per heavy atom. The van der Waals surface area contributed by atoms with Gasteiger partial charge in [-0.2, -0.15) is 4.98 Å². The third kappa shape index (κ3) is 0.500. The molecule has 0 aliphatic carbocycles. The molecular formula is C6H5N3O. The SMILES string of the molecule is C=c1cnc2nc(O)cn12. The summed E-state index contributed by atoms with van der Waals surface area (Å²) in [4.78, 5) is 7.57. The first kappa shape index (κ1) is 5.22. The molecule has 0 atom stereocenters. The van der Waals surface area contributed by atoms with Gasteiger partial charge in [-0.15, -0.1) is 0 Å². The highest BCUT2D eigenvalue weighted by Gasteiger charge is 1.99. The third-order valence-electron chi connectivity index (χ3n) is 1.31. The highest BCUT2D eigenvalue weighted by atomic mass is 16.3. The summed E-state index contributed by atoms with van der Waals surface area (Å²) >= 11 is 0. The van der Waals surface area contributed by atoms with E-state index in [0.29, 0.717) is 5.78 Å². The predicted octanol–water partition coefficient (Wildman–Crippen LogP) is -0.436. The molecule has 0 spiro atoms. The van der Waals surface area contributed by atoms with Crippen LogP contribution in [0.1, 0.15) is 0 Å². The monoisotopic (exact) mass is 135 g/mol. The molecule has 0 radical (unpaired) electrons. The number of aromatic hydroxyl groups is 1. The average molecular weight is 135 g/mol. The highest BCUT2D eigenvalue weighted by molar-refractivity contribution is 5.33. The number of rotatable bonds is 0. The zero-order valence-electron chi connectivity index (χ0n) is 5.15. The maximum Gasteiger partial charge on any atom is 0.237 e. The third-order valence-corrected chi connectivity index (χ3v) is 1.31. The van der Waals surface area contributed by atoms with E-state index < -0.39 is 0 Å². The molecule has 0 bridgehead atoms. The summed E-state index contributed by atoms with van der Waals surface area (Å²) in [6.07, 6.45) is 3.08. The maximum atomic E-state index is 8.87. The molecule has 2 heterocycles. The van der Waals surface area contributed by atoms with E-state index >= 15 is 0 Å². The van der Waals surface area contributed by atoms with E-state index in [2.05, 4.69) is 16.5 Å². The largest absolute Gasteiger partial charge is 0.492 e. The topological polar surface area (TPSA) is 50.4 Å². The fourth-order valence-electron chi connectivity index (χ4n) is 0.855. The van der Waals surface area contributed by atoms with Crippen molar-refractivity contribution in [3.05, 3.63) is 17.7 Å². The first-order chi connectivity index (χ1) is 4.77. The maximum absolute atomic E-state index is 8.87. The van der Waals surface area contributed by atoms with Gasteiger partial charge in [0.25, 0.3) is 0 Å². The fraction of sp³-hybridized carbons (Fsp3) is 0. The summed E-state index contributed by atoms with van der Waals surface area (Å²) in [5, 5.41) is 9.59. The molecule has 0 unspecified atom stereocenters. The Balaban J connectivity index is 3.03. The molecule has 0 aliphatic rings. The van der Waals surface area contributed by atoms with Gasteiger partial charge in [-0.05, 0) is 0 Å². The van der Waals surface area contributed by atoms with E-state index in [9.17, 15) is 0 Å². The molecule has 2 rings (SSSR count). The van der Waals surface area contributed by atoms with E-state index in [1.165, 1.54) is 6.20 Å². The Bertz CT molecular complexity index is 406. The van der Waals surface area contributed by atoms with Gasteiger partial charge in [-0.25, -0.2) is 4.98 Å². The lowest BCUT2D eigenvalue weighted by Crippen LogP contribution is -2.01. The summed E-state index contributed by atoms with van der Waals surface area (Å²) in [6, 6.07) is 0. The molecule has 50 valence electrons. The van der Waals surface area contributed by atoms with Crippen molar-refractivity contribution in [1.82, 2.24) is 14.4 Å². The zero-order chi connectivity index (χ0) is 7.14. The number of imidazole rings is 2. The van der Waals surface area contributed by atoms with Gasteiger partial charge < -0.3 is 5.11 Å². The van der Waals surface area contributed by atoms with Gasteiger partial charge in [0.05, 0.1) is 17.7 Å². The zero-order valence-corrected chi connectivity index (χ0v) is 5.15. The Labute approximate surface area is 56.4 Å². The van der Waals surface area contributed by atoms with E-state index in [1.54, 1.807) is 10.6 Å². The van der Waals surface area contributed by atoms with Gasteiger partial charge in [0.15, 0.2) is 0 Å². The molecule has 0 aliphatic heterocycles. The number of hydrogen-bond acceptors (Lipinski definition) is 3. The van der Waals surface area contributed by atoms with Gasteiger partial charge in [0, 0.05) is 0 Å². The van der Waals surface area contributed by atoms with E-state index in [4.69, 9.17) is 5.11 Å². The minimum absolute atomic E-state index is 0.0204. The van der Waals surface area contributed by atoms with Gasteiger partial charge in [0.1, 0.15) is 0 Å². The highest BCUT2D eigenvalue weighted by Crippen LogP contribution is 2.03. The second-order valence-corrected chi connectivity index (χ2v) is 2.02. The predicted molar refractivity (Wildman–Crippen MR) is 35.4 cm³/mol. The molecule has 2 aromatic heterocycles. The van der Waals surface area contributed by atoms with Crippen LogP contribution in [0.15, 0.2) is 12.4 Å². The first-order valence-corrected chi connectivity index (χ1v) is 2.79. The van der Waals surface area contributed by atoms with E-state index in [0.717, 1.165) is 5.35 Å². The minimum Gasteiger partial charge on any atom is -0.492 e. The molecule has 0 saturated carbocycles. The van der Waals surface area contributed by atoms with Crippen molar-refractivity contribution in [2.45, 2.75) is 0 Å². The smallest absolute Gasteiger partial charge is 0.237 e. The number of nitrogens with zero attached hydrogens (tertiary/aromatic N) is 3. The molecule has 10 heavy (non-hydrogen) atoms. The van der Waals surface area contributed by atoms with Crippen molar-refractivity contribution in [3.8, 4) is 5.88 Å². The van der Waals surface area contributed by atoms with E-state index in [1.807, 2.05) is 0 Å². The molecule has 1 N–H and O–H groups in total. The molecular weight excluding hydrogens is 130 g/mol. The summed E-state index contributed by atoms with van der Waals surface area (Å²) in [6.45, 7) is 3.67. The Morgan fingerprint density at radius 2 is 2.40 bits per heavy atom. The summed E-state index contributed by atoms with van der Waals surface area (Å²) in [7, 11) is 0. The number of aromatic nitrogens is 3. The van der Waals surface area contributed by atoms with Gasteiger partial charge in [0.2, 0.25) is 11.7 Å². The van der Waals surface area contributed by atoms with Crippen molar-refractivity contribution in [1.29, 1.82) is 0 Å². The first-order valence-electron chi connectivity index (χ1n) is 2.79. The molecule has 4 heteroatoms. The van der Waals surface area contributed by atoms with Crippen LogP contribution >= 0.6 is 0 Å². The van der Waals surface area contributed by atoms with Crippen LogP contribution in [0.4, 0.5) is 0 Å². The normalized spacial score (nSPS) is 10.8. The van der Waals surface area contributed by atoms with Crippen LogP contribution < -0.4 is 5.35 Å². The lowest BCUT2D eigenvalue weighted by molar-refractivity contribution is 0.457. The van der Waals surface area contributed by atoms with Gasteiger partial charge in [-0.3, -0.25) is 4.40 Å². The van der Waals surface area contributed by atoms with Crippen molar-refractivity contribution in [2.75, 3.05) is 0 Å². The lowest BCUT2D eigenvalue weighted by Gasteiger charge is -1.74. The lowest BCUT2D eigenvalue weighted by atomic mass is 10.7. The van der Waals surface area contributed by atoms with E-state index in [-0.39, 0.29) is 5.88 Å². The second-order valence-electron chi connectivity index (χ2n) is 2.02. The Morgan fingerprint density at radius 1 is 1.60 bits per heavy atom.